The second-order valence-electron chi connectivity index (χ2n) is 6.34. The number of amides is 1. The highest BCUT2D eigenvalue weighted by Crippen LogP contribution is 2.25. The molecule has 0 spiro atoms. The summed E-state index contributed by atoms with van der Waals surface area (Å²) in [5.41, 5.74) is 1.73. The largest absolute Gasteiger partial charge is 0.485 e. The summed E-state index contributed by atoms with van der Waals surface area (Å²) in [7, 11) is 0. The number of aromatic nitrogens is 2. The first-order valence-electron chi connectivity index (χ1n) is 8.89. The number of hydrogen-bond acceptors (Lipinski definition) is 4. The number of furan rings is 1. The fourth-order valence-corrected chi connectivity index (χ4v) is 3.04. The van der Waals surface area contributed by atoms with Crippen LogP contribution in [0.2, 0.25) is 10.2 Å². The van der Waals surface area contributed by atoms with Crippen LogP contribution in [-0.2, 0) is 13.2 Å². The molecule has 1 amide bonds. The van der Waals surface area contributed by atoms with Gasteiger partial charge in [-0.1, -0.05) is 41.4 Å². The van der Waals surface area contributed by atoms with E-state index in [1.54, 1.807) is 23.7 Å². The van der Waals surface area contributed by atoms with Gasteiger partial charge in [0, 0.05) is 13.1 Å². The van der Waals surface area contributed by atoms with Crippen molar-refractivity contribution in [3.8, 4) is 5.75 Å². The average molecular weight is 422 g/mol. The van der Waals surface area contributed by atoms with E-state index < -0.39 is 0 Å². The molecule has 0 aliphatic heterocycles. The van der Waals surface area contributed by atoms with Crippen molar-refractivity contribution in [2.45, 2.75) is 33.4 Å². The first-order chi connectivity index (χ1) is 13.5. The van der Waals surface area contributed by atoms with E-state index in [4.69, 9.17) is 32.4 Å². The van der Waals surface area contributed by atoms with Gasteiger partial charge in [-0.05, 0) is 44.0 Å². The molecule has 0 saturated heterocycles. The number of benzene rings is 1. The van der Waals surface area contributed by atoms with Gasteiger partial charge in [-0.25, -0.2) is 0 Å². The topological polar surface area (TPSA) is 69.3 Å². The molecule has 0 atom stereocenters. The lowest BCUT2D eigenvalue weighted by Gasteiger charge is -2.07. The molecule has 148 valence electrons. The molecule has 1 N–H and O–H groups in total. The van der Waals surface area contributed by atoms with Crippen molar-refractivity contribution in [3.05, 3.63) is 69.4 Å². The molecule has 3 aromatic rings. The molecule has 6 nitrogen and oxygen atoms in total. The number of carbonyl (C=O) groups is 1. The lowest BCUT2D eigenvalue weighted by Crippen LogP contribution is -2.25. The predicted molar refractivity (Wildman–Crippen MR) is 108 cm³/mol. The van der Waals surface area contributed by atoms with E-state index in [9.17, 15) is 4.79 Å². The zero-order chi connectivity index (χ0) is 20.1. The Kier molecular flexibility index (Phi) is 6.65. The third kappa shape index (κ3) is 4.88. The molecule has 2 heterocycles. The number of nitrogens with zero attached hydrogens (tertiary/aromatic N) is 2. The van der Waals surface area contributed by atoms with Gasteiger partial charge >= 0.3 is 0 Å². The molecule has 28 heavy (non-hydrogen) atoms. The van der Waals surface area contributed by atoms with E-state index in [0.717, 1.165) is 11.3 Å². The van der Waals surface area contributed by atoms with E-state index in [1.807, 2.05) is 31.2 Å². The number of nitrogens with one attached hydrogen (secondary N) is 1. The van der Waals surface area contributed by atoms with E-state index in [-0.39, 0.29) is 18.3 Å². The lowest BCUT2D eigenvalue weighted by molar-refractivity contribution is 0.0920. The molecule has 0 radical (unpaired) electrons. The van der Waals surface area contributed by atoms with Gasteiger partial charge in [0.2, 0.25) is 0 Å². The Hall–Kier alpha value is -2.44. The number of halogens is 2. The molecule has 2 aromatic heterocycles. The van der Waals surface area contributed by atoms with E-state index in [2.05, 4.69) is 10.4 Å². The van der Waals surface area contributed by atoms with Crippen LogP contribution in [0.3, 0.4) is 0 Å². The highest BCUT2D eigenvalue weighted by Gasteiger charge is 2.13. The third-order valence-corrected chi connectivity index (χ3v) is 5.11. The minimum absolute atomic E-state index is 0.249. The summed E-state index contributed by atoms with van der Waals surface area (Å²) in [5.74, 6) is 1.35. The van der Waals surface area contributed by atoms with Crippen molar-refractivity contribution < 1.29 is 13.9 Å². The van der Waals surface area contributed by atoms with Crippen LogP contribution in [-0.4, -0.2) is 22.2 Å². The van der Waals surface area contributed by atoms with Crippen LogP contribution in [0.25, 0.3) is 0 Å². The molecule has 0 unspecified atom stereocenters. The Balaban J connectivity index is 1.45. The zero-order valence-corrected chi connectivity index (χ0v) is 17.2. The number of carbonyl (C=O) groups excluding carboxylic acids is 1. The number of rotatable bonds is 8. The summed E-state index contributed by atoms with van der Waals surface area (Å²) in [6.07, 6.45) is 0.660. The first kappa shape index (κ1) is 20.3. The van der Waals surface area contributed by atoms with Crippen molar-refractivity contribution >= 4 is 29.1 Å². The Bertz CT molecular complexity index is 966. The zero-order valence-electron chi connectivity index (χ0n) is 15.7. The van der Waals surface area contributed by atoms with Gasteiger partial charge in [-0.3, -0.25) is 9.48 Å². The van der Waals surface area contributed by atoms with Crippen LogP contribution in [0.1, 0.15) is 34.0 Å². The van der Waals surface area contributed by atoms with E-state index in [1.165, 1.54) is 0 Å². The van der Waals surface area contributed by atoms with Crippen molar-refractivity contribution in [1.29, 1.82) is 0 Å². The fourth-order valence-electron chi connectivity index (χ4n) is 2.64. The Morgan fingerprint density at radius 2 is 2.00 bits per heavy atom. The van der Waals surface area contributed by atoms with Gasteiger partial charge in [0.1, 0.15) is 28.3 Å². The molecule has 8 heteroatoms. The molecule has 1 aromatic carbocycles. The van der Waals surface area contributed by atoms with Crippen LogP contribution in [0.5, 0.6) is 5.75 Å². The van der Waals surface area contributed by atoms with Gasteiger partial charge < -0.3 is 14.5 Å². The van der Waals surface area contributed by atoms with Gasteiger partial charge in [-0.2, -0.15) is 5.10 Å². The minimum atomic E-state index is -0.275. The summed E-state index contributed by atoms with van der Waals surface area (Å²) >= 11 is 12.1. The third-order valence-electron chi connectivity index (χ3n) is 4.18. The van der Waals surface area contributed by atoms with Gasteiger partial charge in [-0.15, -0.1) is 0 Å². The van der Waals surface area contributed by atoms with Crippen LogP contribution in [0, 0.1) is 13.8 Å². The number of hydrogen-bond donors (Lipinski definition) is 1. The van der Waals surface area contributed by atoms with Crippen molar-refractivity contribution in [2.75, 3.05) is 6.54 Å². The highest BCUT2D eigenvalue weighted by atomic mass is 35.5. The fraction of sp³-hybridized carbons (Fsp3) is 0.300. The van der Waals surface area contributed by atoms with Crippen LogP contribution in [0.4, 0.5) is 0 Å². The molecule has 0 fully saturated rings. The second-order valence-corrected chi connectivity index (χ2v) is 7.08. The SMILES string of the molecule is Cc1ccccc1OCc1ccc(C(=O)NCCCn2nc(C)c(Cl)c2Cl)o1. The van der Waals surface area contributed by atoms with Crippen molar-refractivity contribution in [3.63, 3.8) is 0 Å². The Morgan fingerprint density at radius 3 is 2.71 bits per heavy atom. The molecular weight excluding hydrogens is 401 g/mol. The number of aryl methyl sites for hydroxylation is 3. The molecule has 0 aliphatic carbocycles. The summed E-state index contributed by atoms with van der Waals surface area (Å²) < 4.78 is 12.9. The number of ether oxygens (including phenoxy) is 1. The monoisotopic (exact) mass is 421 g/mol. The summed E-state index contributed by atoms with van der Waals surface area (Å²) in [4.78, 5) is 12.2. The van der Waals surface area contributed by atoms with Crippen LogP contribution < -0.4 is 10.1 Å². The van der Waals surface area contributed by atoms with Crippen molar-refractivity contribution in [2.24, 2.45) is 0 Å². The first-order valence-corrected chi connectivity index (χ1v) is 9.65. The van der Waals surface area contributed by atoms with Crippen molar-refractivity contribution in [1.82, 2.24) is 15.1 Å². The van der Waals surface area contributed by atoms with E-state index in [0.29, 0.717) is 41.1 Å². The predicted octanol–water partition coefficient (Wildman–Crippen LogP) is 4.80. The summed E-state index contributed by atoms with van der Waals surface area (Å²) in [6, 6.07) is 11.1. The van der Waals surface area contributed by atoms with Crippen LogP contribution in [0.15, 0.2) is 40.8 Å². The van der Waals surface area contributed by atoms with Gasteiger partial charge in [0.25, 0.3) is 5.91 Å². The van der Waals surface area contributed by atoms with E-state index >= 15 is 0 Å². The maximum absolute atomic E-state index is 12.2. The molecule has 3 rings (SSSR count). The molecule has 0 saturated carbocycles. The highest BCUT2D eigenvalue weighted by molar-refractivity contribution is 6.41. The normalized spacial score (nSPS) is 10.9. The summed E-state index contributed by atoms with van der Waals surface area (Å²) in [5, 5.41) is 7.93. The van der Waals surface area contributed by atoms with Crippen LogP contribution >= 0.6 is 23.2 Å². The standard InChI is InChI=1S/C20H21Cl2N3O3/c1-13-6-3-4-7-16(13)27-12-15-8-9-17(28-15)20(26)23-10-5-11-25-19(22)18(21)14(2)24-25/h3-4,6-9H,5,10-12H2,1-2H3,(H,23,26). The quantitative estimate of drug-likeness (QED) is 0.530. The van der Waals surface area contributed by atoms with Gasteiger partial charge in [0.15, 0.2) is 5.76 Å². The Morgan fingerprint density at radius 1 is 1.21 bits per heavy atom. The Labute approximate surface area is 173 Å². The minimum Gasteiger partial charge on any atom is -0.485 e. The second kappa shape index (κ2) is 9.17. The summed E-state index contributed by atoms with van der Waals surface area (Å²) in [6.45, 7) is 5.05. The molecule has 0 bridgehead atoms. The molecule has 0 aliphatic rings. The maximum Gasteiger partial charge on any atom is 0.286 e. The number of para-hydroxylation sites is 1. The van der Waals surface area contributed by atoms with Gasteiger partial charge in [0.05, 0.1) is 5.69 Å². The average Bonchev–Trinajstić information content (AvgIpc) is 3.25. The lowest BCUT2D eigenvalue weighted by atomic mass is 10.2. The molecular formula is C20H21Cl2N3O3. The maximum atomic E-state index is 12.2. The smallest absolute Gasteiger partial charge is 0.286 e.